The van der Waals surface area contributed by atoms with E-state index in [9.17, 15) is 0 Å². The van der Waals surface area contributed by atoms with Crippen molar-refractivity contribution in [1.29, 1.82) is 0 Å². The molecule has 1 N–H and O–H groups in total. The molecule has 4 heteroatoms. The molecule has 1 aliphatic rings. The van der Waals surface area contributed by atoms with Gasteiger partial charge in [0.1, 0.15) is 4.34 Å². The Hall–Kier alpha value is -0.0600. The second-order valence-electron chi connectivity index (χ2n) is 4.82. The molecule has 0 bridgehead atoms. The van der Waals surface area contributed by atoms with Gasteiger partial charge in [0.05, 0.1) is 0 Å². The van der Waals surface area contributed by atoms with Crippen LogP contribution in [0.25, 0.3) is 0 Å². The summed E-state index contributed by atoms with van der Waals surface area (Å²) in [4.78, 5) is 4.40. The molecule has 1 aromatic heterocycles. The first-order chi connectivity index (χ1) is 8.33. The molecule has 1 saturated carbocycles. The number of nitrogens with zero attached hydrogens (tertiary/aromatic N) is 1. The van der Waals surface area contributed by atoms with E-state index in [1.54, 1.807) is 11.3 Å². The number of rotatable bonds is 5. The smallest absolute Gasteiger partial charge is 0.150 e. The average Bonchev–Trinajstić information content (AvgIpc) is 2.83. The van der Waals surface area contributed by atoms with Gasteiger partial charge in [-0.05, 0) is 32.2 Å². The van der Waals surface area contributed by atoms with Crippen molar-refractivity contribution < 1.29 is 0 Å². The quantitative estimate of drug-likeness (QED) is 0.881. The normalized spacial score (nSPS) is 29.4. The van der Waals surface area contributed by atoms with Crippen molar-refractivity contribution >= 4 is 23.1 Å². The van der Waals surface area contributed by atoms with E-state index < -0.39 is 0 Å². The molecular weight excluding hydrogens is 248 g/mol. The monoisotopic (exact) mass is 270 g/mol. The van der Waals surface area contributed by atoms with E-state index in [1.807, 2.05) is 18.0 Å². The standard InChI is InChI=1S/C13H22N2S2/c1-3-4-10-5-6-11(14-2)12(9-10)17-13-15-7-8-16-13/h7-8,10-12,14H,3-6,9H2,1-2H3. The Labute approximate surface area is 113 Å². The third kappa shape index (κ3) is 3.70. The topological polar surface area (TPSA) is 24.9 Å². The molecule has 0 aliphatic heterocycles. The van der Waals surface area contributed by atoms with Gasteiger partial charge in [-0.1, -0.05) is 31.5 Å². The van der Waals surface area contributed by atoms with Gasteiger partial charge in [-0.3, -0.25) is 0 Å². The van der Waals surface area contributed by atoms with E-state index in [2.05, 4.69) is 29.7 Å². The number of hydrogen-bond donors (Lipinski definition) is 1. The summed E-state index contributed by atoms with van der Waals surface area (Å²) < 4.78 is 1.23. The van der Waals surface area contributed by atoms with Crippen LogP contribution < -0.4 is 5.32 Å². The van der Waals surface area contributed by atoms with Gasteiger partial charge in [-0.25, -0.2) is 4.98 Å². The molecule has 2 nitrogen and oxygen atoms in total. The van der Waals surface area contributed by atoms with Crippen LogP contribution in [0.2, 0.25) is 0 Å². The fraction of sp³-hybridized carbons (Fsp3) is 0.769. The zero-order valence-electron chi connectivity index (χ0n) is 10.7. The zero-order valence-corrected chi connectivity index (χ0v) is 12.3. The zero-order chi connectivity index (χ0) is 12.1. The Balaban J connectivity index is 1.94. The van der Waals surface area contributed by atoms with E-state index in [0.717, 1.165) is 5.92 Å². The Morgan fingerprint density at radius 3 is 3.06 bits per heavy atom. The Morgan fingerprint density at radius 1 is 1.53 bits per heavy atom. The first-order valence-corrected chi connectivity index (χ1v) is 8.32. The number of thioether (sulfide) groups is 1. The molecule has 3 unspecified atom stereocenters. The van der Waals surface area contributed by atoms with Gasteiger partial charge in [0.15, 0.2) is 0 Å². The van der Waals surface area contributed by atoms with Gasteiger partial charge in [0, 0.05) is 22.9 Å². The highest BCUT2D eigenvalue weighted by Crippen LogP contribution is 2.38. The van der Waals surface area contributed by atoms with E-state index in [4.69, 9.17) is 0 Å². The maximum absolute atomic E-state index is 4.40. The average molecular weight is 270 g/mol. The van der Waals surface area contributed by atoms with Crippen LogP contribution >= 0.6 is 23.1 Å². The molecule has 96 valence electrons. The summed E-state index contributed by atoms with van der Waals surface area (Å²) in [6.45, 7) is 2.30. The number of aromatic nitrogens is 1. The molecule has 0 amide bonds. The molecular formula is C13H22N2S2. The molecule has 0 saturated heterocycles. The fourth-order valence-electron chi connectivity index (χ4n) is 2.74. The second kappa shape index (κ2) is 6.76. The van der Waals surface area contributed by atoms with Crippen LogP contribution in [-0.4, -0.2) is 23.3 Å². The molecule has 1 aromatic rings. The summed E-state index contributed by atoms with van der Waals surface area (Å²) in [6.07, 6.45) is 8.70. The van der Waals surface area contributed by atoms with Crippen molar-refractivity contribution in [3.05, 3.63) is 11.6 Å². The Morgan fingerprint density at radius 2 is 2.41 bits per heavy atom. The van der Waals surface area contributed by atoms with Crippen molar-refractivity contribution in [2.75, 3.05) is 7.05 Å². The van der Waals surface area contributed by atoms with Gasteiger partial charge >= 0.3 is 0 Å². The maximum Gasteiger partial charge on any atom is 0.150 e. The van der Waals surface area contributed by atoms with Crippen molar-refractivity contribution in [2.24, 2.45) is 5.92 Å². The highest BCUT2D eigenvalue weighted by Gasteiger charge is 2.30. The summed E-state index contributed by atoms with van der Waals surface area (Å²) in [5.41, 5.74) is 0. The lowest BCUT2D eigenvalue weighted by atomic mass is 9.83. The molecule has 17 heavy (non-hydrogen) atoms. The van der Waals surface area contributed by atoms with Crippen LogP contribution in [0.15, 0.2) is 15.9 Å². The van der Waals surface area contributed by atoms with Crippen molar-refractivity contribution in [3.8, 4) is 0 Å². The molecule has 3 atom stereocenters. The van der Waals surface area contributed by atoms with Gasteiger partial charge in [0.25, 0.3) is 0 Å². The molecule has 1 aliphatic carbocycles. The minimum Gasteiger partial charge on any atom is -0.316 e. The van der Waals surface area contributed by atoms with Crippen LogP contribution in [0.1, 0.15) is 39.0 Å². The van der Waals surface area contributed by atoms with Crippen molar-refractivity contribution in [1.82, 2.24) is 10.3 Å². The summed E-state index contributed by atoms with van der Waals surface area (Å²) in [5.74, 6) is 0.932. The number of thiazole rings is 1. The van der Waals surface area contributed by atoms with E-state index >= 15 is 0 Å². The molecule has 0 aromatic carbocycles. The highest BCUT2D eigenvalue weighted by molar-refractivity contribution is 8.01. The van der Waals surface area contributed by atoms with Gasteiger partial charge in [0.2, 0.25) is 0 Å². The van der Waals surface area contributed by atoms with E-state index in [1.165, 1.54) is 36.4 Å². The summed E-state index contributed by atoms with van der Waals surface area (Å²) >= 11 is 3.75. The van der Waals surface area contributed by atoms with Crippen LogP contribution in [-0.2, 0) is 0 Å². The second-order valence-corrected chi connectivity index (χ2v) is 7.20. The first-order valence-electron chi connectivity index (χ1n) is 6.57. The Bertz CT molecular complexity index is 313. The molecule has 0 spiro atoms. The fourth-order valence-corrected chi connectivity index (χ4v) is 5.05. The molecule has 1 fully saturated rings. The predicted octanol–water partition coefficient (Wildman–Crippen LogP) is 3.79. The predicted molar refractivity (Wildman–Crippen MR) is 76.9 cm³/mol. The first kappa shape index (κ1) is 13.4. The molecule has 0 radical (unpaired) electrons. The summed E-state index contributed by atoms with van der Waals surface area (Å²) in [5, 5.41) is 6.26. The van der Waals surface area contributed by atoms with Crippen LogP contribution in [0, 0.1) is 5.92 Å². The van der Waals surface area contributed by atoms with Gasteiger partial charge in [-0.2, -0.15) is 0 Å². The SMILES string of the molecule is CCCC1CCC(NC)C(Sc2nccs2)C1. The number of hydrogen-bond acceptors (Lipinski definition) is 4. The van der Waals surface area contributed by atoms with E-state index in [0.29, 0.717) is 11.3 Å². The summed E-state index contributed by atoms with van der Waals surface area (Å²) in [6, 6.07) is 0.664. The lowest BCUT2D eigenvalue weighted by Gasteiger charge is -2.35. The van der Waals surface area contributed by atoms with Gasteiger partial charge < -0.3 is 5.32 Å². The third-order valence-corrected chi connectivity index (χ3v) is 5.90. The van der Waals surface area contributed by atoms with E-state index in [-0.39, 0.29) is 0 Å². The Kier molecular flexibility index (Phi) is 5.32. The largest absolute Gasteiger partial charge is 0.316 e. The maximum atomic E-state index is 4.40. The van der Waals surface area contributed by atoms with Crippen molar-refractivity contribution in [3.63, 3.8) is 0 Å². The third-order valence-electron chi connectivity index (χ3n) is 3.63. The van der Waals surface area contributed by atoms with Crippen molar-refractivity contribution in [2.45, 2.75) is 54.7 Å². The van der Waals surface area contributed by atoms with Gasteiger partial charge in [-0.15, -0.1) is 11.3 Å². The lowest BCUT2D eigenvalue weighted by molar-refractivity contribution is 0.295. The van der Waals surface area contributed by atoms with Crippen LogP contribution in [0.4, 0.5) is 0 Å². The van der Waals surface area contributed by atoms with Crippen LogP contribution in [0.5, 0.6) is 0 Å². The minimum absolute atomic E-state index is 0.664. The minimum atomic E-state index is 0.664. The summed E-state index contributed by atoms with van der Waals surface area (Å²) in [7, 11) is 2.10. The highest BCUT2D eigenvalue weighted by atomic mass is 32.2. The molecule has 2 rings (SSSR count). The van der Waals surface area contributed by atoms with Crippen LogP contribution in [0.3, 0.4) is 0 Å². The lowest BCUT2D eigenvalue weighted by Crippen LogP contribution is -2.40. The molecule has 1 heterocycles. The number of nitrogens with one attached hydrogen (secondary N) is 1.